The third-order valence-corrected chi connectivity index (χ3v) is 5.16. The van der Waals surface area contributed by atoms with E-state index >= 15 is 0 Å². The zero-order valence-corrected chi connectivity index (χ0v) is 12.5. The Morgan fingerprint density at radius 2 is 1.86 bits per heavy atom. The summed E-state index contributed by atoms with van der Waals surface area (Å²) in [6, 6.07) is 19.0. The summed E-state index contributed by atoms with van der Waals surface area (Å²) in [6.45, 7) is 1.55. The Morgan fingerprint density at radius 1 is 1.10 bits per heavy atom. The van der Waals surface area contributed by atoms with E-state index in [-0.39, 0.29) is 6.10 Å². The van der Waals surface area contributed by atoms with Crippen molar-refractivity contribution in [3.05, 3.63) is 60.2 Å². The molecule has 1 aromatic heterocycles. The number of hydrogen-bond acceptors (Lipinski definition) is 2. The average Bonchev–Trinajstić information content (AvgIpc) is 2.82. The number of aromatic nitrogens is 2. The van der Waals surface area contributed by atoms with E-state index in [0.717, 1.165) is 12.3 Å². The molecule has 0 aliphatic carbocycles. The lowest BCUT2D eigenvalue weighted by Gasteiger charge is -2.14. The maximum Gasteiger partial charge on any atom is 0.319 e. The number of hydrogen-bond donors (Lipinski definition) is 1. The van der Waals surface area contributed by atoms with Crippen LogP contribution in [0.1, 0.15) is 5.56 Å². The first kappa shape index (κ1) is 12.9. The fourth-order valence-corrected chi connectivity index (χ4v) is 4.05. The van der Waals surface area contributed by atoms with Gasteiger partial charge in [0.05, 0.1) is 0 Å². The van der Waals surface area contributed by atoms with Gasteiger partial charge in [0.1, 0.15) is 19.2 Å². The van der Waals surface area contributed by atoms with Gasteiger partial charge in [-0.3, -0.25) is 0 Å². The fourth-order valence-electron chi connectivity index (χ4n) is 2.96. The molecule has 0 bridgehead atoms. The Morgan fingerprint density at radius 3 is 2.71 bits per heavy atom. The van der Waals surface area contributed by atoms with Crippen molar-refractivity contribution in [2.24, 2.45) is 0 Å². The van der Waals surface area contributed by atoms with Crippen LogP contribution in [-0.4, -0.2) is 21.5 Å². The lowest BCUT2D eigenvalue weighted by Crippen LogP contribution is -2.45. The molecule has 106 valence electrons. The van der Waals surface area contributed by atoms with Gasteiger partial charge in [0, 0.05) is 5.75 Å². The number of imidazole rings is 1. The number of nitrogens with zero attached hydrogens (tertiary/aromatic N) is 2. The highest BCUT2D eigenvalue weighted by atomic mass is 32.2. The van der Waals surface area contributed by atoms with Crippen molar-refractivity contribution in [2.45, 2.75) is 24.3 Å². The zero-order chi connectivity index (χ0) is 14.2. The largest absolute Gasteiger partial charge is 0.388 e. The molecule has 21 heavy (non-hydrogen) atoms. The summed E-state index contributed by atoms with van der Waals surface area (Å²) in [4.78, 5) is 0. The van der Waals surface area contributed by atoms with Gasteiger partial charge in [-0.2, -0.15) is 0 Å². The first-order chi connectivity index (χ1) is 10.3. The Labute approximate surface area is 127 Å². The molecule has 1 atom stereocenters. The molecule has 3 nitrogen and oxygen atoms in total. The molecule has 0 unspecified atom stereocenters. The van der Waals surface area contributed by atoms with Crippen molar-refractivity contribution in [1.29, 1.82) is 0 Å². The lowest BCUT2D eigenvalue weighted by molar-refractivity contribution is -0.717. The van der Waals surface area contributed by atoms with Crippen molar-refractivity contribution in [1.82, 2.24) is 4.57 Å². The van der Waals surface area contributed by atoms with E-state index < -0.39 is 0 Å². The molecular weight excluding hydrogens is 280 g/mol. The van der Waals surface area contributed by atoms with E-state index in [9.17, 15) is 5.11 Å². The van der Waals surface area contributed by atoms with Crippen LogP contribution in [0.2, 0.25) is 0 Å². The van der Waals surface area contributed by atoms with Gasteiger partial charge in [0.25, 0.3) is 0 Å². The minimum Gasteiger partial charge on any atom is -0.388 e. The molecule has 2 aromatic carbocycles. The van der Waals surface area contributed by atoms with Crippen molar-refractivity contribution in [2.75, 3.05) is 5.75 Å². The van der Waals surface area contributed by atoms with Crippen molar-refractivity contribution < 1.29 is 9.67 Å². The number of para-hydroxylation sites is 2. The highest BCUT2D eigenvalue weighted by Gasteiger charge is 2.31. The molecule has 3 aromatic rings. The van der Waals surface area contributed by atoms with Gasteiger partial charge >= 0.3 is 5.16 Å². The Bertz CT molecular complexity index is 782. The fraction of sp³-hybridized carbons (Fsp3) is 0.235. The Balaban J connectivity index is 1.88. The van der Waals surface area contributed by atoms with Gasteiger partial charge in [-0.05, 0) is 29.5 Å². The van der Waals surface area contributed by atoms with Crippen LogP contribution in [-0.2, 0) is 13.1 Å². The van der Waals surface area contributed by atoms with Gasteiger partial charge < -0.3 is 5.11 Å². The monoisotopic (exact) mass is 297 g/mol. The Hall–Kier alpha value is -1.78. The highest BCUT2D eigenvalue weighted by Crippen LogP contribution is 2.27. The second kappa shape index (κ2) is 5.20. The quantitative estimate of drug-likeness (QED) is 0.736. The van der Waals surface area contributed by atoms with Crippen molar-refractivity contribution >= 4 is 22.8 Å². The van der Waals surface area contributed by atoms with Gasteiger partial charge in [0.2, 0.25) is 0 Å². The number of rotatable bonds is 2. The first-order valence-corrected chi connectivity index (χ1v) is 8.17. The van der Waals surface area contributed by atoms with Gasteiger partial charge in [-0.1, -0.05) is 42.5 Å². The lowest BCUT2D eigenvalue weighted by atomic mass is 10.2. The minimum atomic E-state index is -0.261. The van der Waals surface area contributed by atoms with Crippen LogP contribution in [0.15, 0.2) is 59.8 Å². The van der Waals surface area contributed by atoms with Gasteiger partial charge in [0.15, 0.2) is 11.0 Å². The molecule has 1 N–H and O–H groups in total. The minimum absolute atomic E-state index is 0.261. The number of aliphatic hydroxyl groups is 1. The maximum absolute atomic E-state index is 9.96. The summed E-state index contributed by atoms with van der Waals surface area (Å²) < 4.78 is 4.61. The summed E-state index contributed by atoms with van der Waals surface area (Å²) in [6.07, 6.45) is -0.261. The second-order valence-electron chi connectivity index (χ2n) is 5.42. The molecule has 4 rings (SSSR count). The summed E-state index contributed by atoms with van der Waals surface area (Å²) in [5.74, 6) is 0.769. The smallest absolute Gasteiger partial charge is 0.319 e. The molecule has 1 aliphatic heterocycles. The van der Waals surface area contributed by atoms with Crippen LogP contribution < -0.4 is 4.57 Å². The maximum atomic E-state index is 9.96. The summed E-state index contributed by atoms with van der Waals surface area (Å²) in [5.41, 5.74) is 3.74. The van der Waals surface area contributed by atoms with Crippen LogP contribution in [0, 0.1) is 0 Å². The van der Waals surface area contributed by atoms with E-state index in [1.807, 2.05) is 6.07 Å². The molecule has 4 heteroatoms. The molecular formula is C17H17N2OS+. The molecule has 0 spiro atoms. The Kier molecular flexibility index (Phi) is 3.20. The van der Waals surface area contributed by atoms with E-state index in [1.54, 1.807) is 11.8 Å². The van der Waals surface area contributed by atoms with Crippen molar-refractivity contribution in [3.63, 3.8) is 0 Å². The third-order valence-electron chi connectivity index (χ3n) is 3.91. The SMILES string of the molecule is O[C@H]1CSc2n(Cc3ccccc3)c3ccccc3[n+]2C1. The number of benzene rings is 2. The molecule has 0 radical (unpaired) electrons. The number of fused-ring (bicyclic) bond motifs is 3. The average molecular weight is 297 g/mol. The van der Waals surface area contributed by atoms with Crippen molar-refractivity contribution in [3.8, 4) is 0 Å². The van der Waals surface area contributed by atoms with Crippen LogP contribution in [0.5, 0.6) is 0 Å². The number of thioether (sulfide) groups is 1. The summed E-state index contributed by atoms with van der Waals surface area (Å²) >= 11 is 1.74. The zero-order valence-electron chi connectivity index (χ0n) is 11.6. The van der Waals surface area contributed by atoms with E-state index in [1.165, 1.54) is 21.8 Å². The molecule has 0 fully saturated rings. The van der Waals surface area contributed by atoms with Crippen LogP contribution in [0.3, 0.4) is 0 Å². The van der Waals surface area contributed by atoms with Gasteiger partial charge in [-0.15, -0.1) is 0 Å². The standard InChI is InChI=1S/C17H17N2OS/c20-14-11-19-16-9-5-4-8-15(16)18(17(19)21-12-14)10-13-6-2-1-3-7-13/h1-9,14,20H,10-12H2/q+1/t14-/m1/s1. The topological polar surface area (TPSA) is 29.0 Å². The summed E-state index contributed by atoms with van der Waals surface area (Å²) in [5, 5.41) is 11.2. The van der Waals surface area contributed by atoms with Crippen LogP contribution in [0.4, 0.5) is 0 Å². The second-order valence-corrected chi connectivity index (χ2v) is 6.41. The first-order valence-electron chi connectivity index (χ1n) is 7.19. The predicted octanol–water partition coefficient (Wildman–Crippen LogP) is 2.44. The van der Waals surface area contributed by atoms with E-state index in [4.69, 9.17) is 0 Å². The number of aliphatic hydroxyl groups excluding tert-OH is 1. The van der Waals surface area contributed by atoms with E-state index in [2.05, 4.69) is 57.7 Å². The molecule has 0 saturated heterocycles. The molecule has 0 amide bonds. The molecule has 1 aliphatic rings. The predicted molar refractivity (Wildman–Crippen MR) is 84.4 cm³/mol. The molecule has 2 heterocycles. The van der Waals surface area contributed by atoms with E-state index in [0.29, 0.717) is 6.54 Å². The van der Waals surface area contributed by atoms with Gasteiger partial charge in [-0.25, -0.2) is 9.13 Å². The summed E-state index contributed by atoms with van der Waals surface area (Å²) in [7, 11) is 0. The third kappa shape index (κ3) is 2.24. The van der Waals surface area contributed by atoms with Crippen LogP contribution in [0.25, 0.3) is 11.0 Å². The van der Waals surface area contributed by atoms with Crippen LogP contribution >= 0.6 is 11.8 Å². The highest BCUT2D eigenvalue weighted by molar-refractivity contribution is 7.99. The molecule has 0 saturated carbocycles. The normalized spacial score (nSPS) is 17.9.